The van der Waals surface area contributed by atoms with E-state index in [1.165, 1.54) is 6.08 Å². The van der Waals surface area contributed by atoms with Crippen molar-refractivity contribution in [3.63, 3.8) is 0 Å². The second-order valence-corrected chi connectivity index (χ2v) is 2.17. The van der Waals surface area contributed by atoms with Crippen molar-refractivity contribution < 1.29 is 14.0 Å². The predicted octanol–water partition coefficient (Wildman–Crippen LogP) is 0.985. The molecule has 0 aliphatic heterocycles. The summed E-state index contributed by atoms with van der Waals surface area (Å²) in [4.78, 5) is 9.89. The van der Waals surface area contributed by atoms with E-state index in [9.17, 15) is 9.46 Å². The van der Waals surface area contributed by atoms with E-state index < -0.39 is 8.25 Å². The molecule has 0 N–H and O–H groups in total. The zero-order valence-electron chi connectivity index (χ0n) is 5.24. The lowest BCUT2D eigenvalue weighted by Crippen LogP contribution is -2.05. The van der Waals surface area contributed by atoms with Crippen molar-refractivity contribution in [1.29, 1.82) is 0 Å². The van der Waals surface area contributed by atoms with Gasteiger partial charge in [0.15, 0.2) is 0 Å². The van der Waals surface area contributed by atoms with Crippen LogP contribution in [0.25, 0.3) is 0 Å². The van der Waals surface area contributed by atoms with E-state index in [4.69, 9.17) is 0 Å². The molecule has 0 aromatic carbocycles. The fraction of sp³-hybridized carbons (Fsp3) is 0.600. The second-order valence-electron chi connectivity index (χ2n) is 1.51. The molecule has 0 heterocycles. The van der Waals surface area contributed by atoms with E-state index in [2.05, 4.69) is 11.1 Å². The van der Waals surface area contributed by atoms with Gasteiger partial charge in [0.2, 0.25) is 0 Å². The van der Waals surface area contributed by atoms with Crippen molar-refractivity contribution in [3.05, 3.63) is 12.7 Å². The largest absolute Gasteiger partial charge is 0.566 e. The van der Waals surface area contributed by atoms with Crippen molar-refractivity contribution in [2.24, 2.45) is 0 Å². The van der Waals surface area contributed by atoms with Crippen molar-refractivity contribution >= 4 is 8.25 Å². The second kappa shape index (κ2) is 4.62. The summed E-state index contributed by atoms with van der Waals surface area (Å²) < 4.78 is 14.3. The van der Waals surface area contributed by atoms with Gasteiger partial charge in [0.1, 0.15) is 6.10 Å². The van der Waals surface area contributed by atoms with E-state index in [0.717, 1.165) is 0 Å². The highest BCUT2D eigenvalue weighted by atomic mass is 31.1. The lowest BCUT2D eigenvalue weighted by molar-refractivity contribution is -0.187. The average Bonchev–Trinajstić information content (AvgIpc) is 1.82. The average molecular weight is 148 g/mol. The van der Waals surface area contributed by atoms with E-state index in [-0.39, 0.29) is 6.10 Å². The Bertz CT molecular complexity index is 113. The minimum absolute atomic E-state index is 0.355. The Hall–Kier alpha value is -0.240. The van der Waals surface area contributed by atoms with E-state index in [1.807, 2.05) is 6.92 Å². The van der Waals surface area contributed by atoms with Crippen molar-refractivity contribution in [2.45, 2.75) is 19.4 Å². The summed E-state index contributed by atoms with van der Waals surface area (Å²) in [5, 5.41) is 0. The Kier molecular flexibility index (Phi) is 4.50. The van der Waals surface area contributed by atoms with Crippen LogP contribution in [0.1, 0.15) is 13.3 Å². The van der Waals surface area contributed by atoms with Gasteiger partial charge in [-0.05, 0) is 11.0 Å². The molecule has 0 saturated heterocycles. The number of hydrogen-bond donors (Lipinski definition) is 0. The summed E-state index contributed by atoms with van der Waals surface area (Å²) in [5.74, 6) is 0. The van der Waals surface area contributed by atoms with E-state index in [0.29, 0.717) is 6.42 Å². The molecule has 3 nitrogen and oxygen atoms in total. The molecule has 0 bridgehead atoms. The highest BCUT2D eigenvalue weighted by Gasteiger charge is 2.09. The lowest BCUT2D eigenvalue weighted by atomic mass is 10.3. The Balaban J connectivity index is 3.55. The van der Waals surface area contributed by atoms with Crippen LogP contribution in [0.3, 0.4) is 0 Å². The highest BCUT2D eigenvalue weighted by molar-refractivity contribution is 7.30. The van der Waals surface area contributed by atoms with Gasteiger partial charge in [-0.15, -0.1) is 11.1 Å². The van der Waals surface area contributed by atoms with Gasteiger partial charge in [0.05, 0.1) is 0 Å². The van der Waals surface area contributed by atoms with Crippen LogP contribution in [0, 0.1) is 0 Å². The lowest BCUT2D eigenvalue weighted by Gasteiger charge is -1.99. The molecule has 0 radical (unpaired) electrons. The van der Waals surface area contributed by atoms with Crippen LogP contribution in [0.15, 0.2) is 12.7 Å². The van der Waals surface area contributed by atoms with Crippen LogP contribution in [0.4, 0.5) is 0 Å². The van der Waals surface area contributed by atoms with Gasteiger partial charge in [-0.2, -0.15) is 0 Å². The fourth-order valence-corrected chi connectivity index (χ4v) is 0.851. The molecule has 4 heteroatoms. The van der Waals surface area contributed by atoms with Crippen LogP contribution in [0.5, 0.6) is 0 Å². The summed E-state index contributed by atoms with van der Waals surface area (Å²) in [6.07, 6.45) is 1.74. The molecule has 0 fully saturated rings. The van der Waals surface area contributed by atoms with Gasteiger partial charge in [-0.1, -0.05) is 13.0 Å². The van der Waals surface area contributed by atoms with Crippen LogP contribution in [-0.4, -0.2) is 6.10 Å². The van der Waals surface area contributed by atoms with Gasteiger partial charge in [-0.25, -0.2) is 0 Å². The first-order valence-corrected chi connectivity index (χ1v) is 3.74. The molecule has 0 saturated carbocycles. The van der Waals surface area contributed by atoms with Crippen LogP contribution >= 0.6 is 8.25 Å². The first-order valence-electron chi connectivity index (χ1n) is 2.64. The van der Waals surface area contributed by atoms with E-state index >= 15 is 0 Å². The quantitative estimate of drug-likeness (QED) is 0.441. The third-order valence-electron chi connectivity index (χ3n) is 0.887. The Morgan fingerprint density at radius 2 is 2.56 bits per heavy atom. The first kappa shape index (κ1) is 8.76. The zero-order chi connectivity index (χ0) is 7.28. The molecule has 2 unspecified atom stereocenters. The minimum atomic E-state index is -2.72. The molecule has 9 heavy (non-hydrogen) atoms. The topological polar surface area (TPSA) is 49.4 Å². The molecule has 52 valence electrons. The van der Waals surface area contributed by atoms with Gasteiger partial charge >= 0.3 is 8.25 Å². The van der Waals surface area contributed by atoms with Crippen molar-refractivity contribution in [1.82, 2.24) is 0 Å². The molecule has 0 aromatic rings. The standard InChI is InChI=1S/C5H9O3P/c1-3-5(4-2)8-9(6)7/h3,5H,1,4H2,2H3. The van der Waals surface area contributed by atoms with Gasteiger partial charge in [-0.3, -0.25) is 0 Å². The summed E-state index contributed by atoms with van der Waals surface area (Å²) >= 11 is 0. The van der Waals surface area contributed by atoms with E-state index in [1.54, 1.807) is 0 Å². The van der Waals surface area contributed by atoms with Crippen LogP contribution in [-0.2, 0) is 9.09 Å². The first-order chi connectivity index (χ1) is 4.20. The Morgan fingerprint density at radius 1 is 2.00 bits per heavy atom. The SMILES string of the molecule is C=CC(CC)O[P+](=O)[O-]. The maximum Gasteiger partial charge on any atom is 0.489 e. The van der Waals surface area contributed by atoms with Crippen LogP contribution in [0.2, 0.25) is 0 Å². The fourth-order valence-electron chi connectivity index (χ4n) is 0.395. The third-order valence-corrected chi connectivity index (χ3v) is 1.33. The van der Waals surface area contributed by atoms with Crippen molar-refractivity contribution in [2.75, 3.05) is 0 Å². The molecular formula is C5H9O3P. The summed E-state index contributed by atoms with van der Waals surface area (Å²) in [6, 6.07) is 0. The highest BCUT2D eigenvalue weighted by Crippen LogP contribution is 2.15. The molecule has 0 amide bonds. The Morgan fingerprint density at radius 3 is 2.67 bits per heavy atom. The minimum Gasteiger partial charge on any atom is -0.566 e. The summed E-state index contributed by atoms with van der Waals surface area (Å²) in [5.41, 5.74) is 0. The monoisotopic (exact) mass is 148 g/mol. The molecule has 0 spiro atoms. The molecule has 2 atom stereocenters. The smallest absolute Gasteiger partial charge is 0.489 e. The van der Waals surface area contributed by atoms with Crippen molar-refractivity contribution in [3.8, 4) is 0 Å². The molecule has 0 aliphatic carbocycles. The predicted molar refractivity (Wildman–Crippen MR) is 33.0 cm³/mol. The molecule has 0 rings (SSSR count). The normalized spacial score (nSPS) is 14.7. The summed E-state index contributed by atoms with van der Waals surface area (Å²) in [7, 11) is -2.72. The molecular weight excluding hydrogens is 139 g/mol. The Labute approximate surface area is 55.3 Å². The molecule has 0 aromatic heterocycles. The number of hydrogen-bond acceptors (Lipinski definition) is 3. The zero-order valence-corrected chi connectivity index (χ0v) is 6.14. The number of rotatable bonds is 4. The van der Waals surface area contributed by atoms with Gasteiger partial charge in [0.25, 0.3) is 0 Å². The maximum absolute atomic E-state index is 9.89. The van der Waals surface area contributed by atoms with Gasteiger partial charge < -0.3 is 4.89 Å². The maximum atomic E-state index is 9.89. The van der Waals surface area contributed by atoms with Crippen LogP contribution < -0.4 is 4.89 Å². The third kappa shape index (κ3) is 4.28. The van der Waals surface area contributed by atoms with Gasteiger partial charge in [0, 0.05) is 0 Å². The molecule has 0 aliphatic rings. The summed E-state index contributed by atoms with van der Waals surface area (Å²) in [6.45, 7) is 5.22.